The molecule has 0 aromatic rings. The van der Waals surface area contributed by atoms with Gasteiger partial charge in [-0.05, 0) is 25.7 Å². The van der Waals surface area contributed by atoms with Crippen molar-refractivity contribution in [3.63, 3.8) is 0 Å². The zero-order valence-corrected chi connectivity index (χ0v) is 21.5. The summed E-state index contributed by atoms with van der Waals surface area (Å²) in [6, 6.07) is -0.892. The number of nitrogens with zero attached hydrogens (tertiary/aromatic N) is 1. The summed E-state index contributed by atoms with van der Waals surface area (Å²) in [6.07, 6.45) is 14.5. The molecule has 0 aromatic carbocycles. The number of likely N-dealkylation sites (N-methyl/N-ethyl adjacent to an activating group) is 1. The van der Waals surface area contributed by atoms with Crippen LogP contribution in [0.1, 0.15) is 65.2 Å². The lowest BCUT2D eigenvalue weighted by Crippen LogP contribution is -2.45. The summed E-state index contributed by atoms with van der Waals surface area (Å²) >= 11 is 0. The van der Waals surface area contributed by atoms with Crippen molar-refractivity contribution in [2.24, 2.45) is 0 Å². The van der Waals surface area contributed by atoms with Gasteiger partial charge in [-0.25, -0.2) is 0 Å². The molecule has 32 heavy (non-hydrogen) atoms. The van der Waals surface area contributed by atoms with Gasteiger partial charge in [0.25, 0.3) is 7.82 Å². The summed E-state index contributed by atoms with van der Waals surface area (Å²) in [5.74, 6) is -0.302. The number of quaternary nitrogens is 1. The zero-order chi connectivity index (χ0) is 24.5. The van der Waals surface area contributed by atoms with Crippen molar-refractivity contribution in [1.29, 1.82) is 0 Å². The van der Waals surface area contributed by atoms with Gasteiger partial charge in [-0.2, -0.15) is 0 Å². The van der Waals surface area contributed by atoms with Gasteiger partial charge in [0.05, 0.1) is 39.9 Å². The number of hydrogen-bond acceptors (Lipinski definition) is 6. The molecule has 0 fully saturated rings. The number of carbonyl (C=O) groups is 1. The number of amides is 1. The van der Waals surface area contributed by atoms with Gasteiger partial charge < -0.3 is 28.8 Å². The Kier molecular flexibility index (Phi) is 16.9. The van der Waals surface area contributed by atoms with Crippen LogP contribution in [0, 0.1) is 0 Å². The Morgan fingerprint density at radius 1 is 1.06 bits per heavy atom. The molecule has 0 aliphatic heterocycles. The van der Waals surface area contributed by atoms with Crippen LogP contribution in [0.4, 0.5) is 0 Å². The number of hydrogen-bond donors (Lipinski definition) is 2. The summed E-state index contributed by atoms with van der Waals surface area (Å²) in [5, 5.41) is 13.0. The molecule has 0 radical (unpaired) electrons. The van der Waals surface area contributed by atoms with E-state index in [2.05, 4.69) is 24.4 Å². The maximum Gasteiger partial charge on any atom is 0.268 e. The van der Waals surface area contributed by atoms with Crippen molar-refractivity contribution in [2.75, 3.05) is 40.9 Å². The number of allylic oxidation sites excluding steroid dienone is 3. The molecule has 0 rings (SSSR count). The lowest BCUT2D eigenvalue weighted by Gasteiger charge is -2.29. The molecule has 0 saturated carbocycles. The SMILES string of the molecule is CCCCCC/C=C/CC/C=C/C(O)C(COP(=O)([O-])OCC[N+](C)(C)C)NC(=O)CC. The highest BCUT2D eigenvalue weighted by Gasteiger charge is 2.22. The van der Waals surface area contributed by atoms with E-state index in [1.807, 2.05) is 27.2 Å². The maximum atomic E-state index is 12.0. The van der Waals surface area contributed by atoms with Crippen molar-refractivity contribution < 1.29 is 32.9 Å². The summed E-state index contributed by atoms with van der Waals surface area (Å²) in [4.78, 5) is 23.8. The first-order chi connectivity index (χ1) is 15.0. The van der Waals surface area contributed by atoms with E-state index < -0.39 is 26.6 Å². The number of unbranched alkanes of at least 4 members (excludes halogenated alkanes) is 5. The average Bonchev–Trinajstić information content (AvgIpc) is 2.70. The summed E-state index contributed by atoms with van der Waals surface area (Å²) in [7, 11) is 1.22. The van der Waals surface area contributed by atoms with Crippen LogP contribution in [0.2, 0.25) is 0 Å². The highest BCUT2D eigenvalue weighted by atomic mass is 31.2. The van der Waals surface area contributed by atoms with Gasteiger partial charge in [0.2, 0.25) is 5.91 Å². The first-order valence-corrected chi connectivity index (χ1v) is 13.2. The van der Waals surface area contributed by atoms with Crippen molar-refractivity contribution in [2.45, 2.75) is 77.4 Å². The molecule has 1 amide bonds. The Hall–Kier alpha value is -1.02. The molecule has 9 heteroatoms. The molecule has 0 bridgehead atoms. The number of rotatable bonds is 19. The molecular weight excluding hydrogens is 431 g/mol. The maximum absolute atomic E-state index is 12.0. The molecule has 0 aliphatic carbocycles. The predicted molar refractivity (Wildman–Crippen MR) is 127 cm³/mol. The molecule has 0 aliphatic rings. The fourth-order valence-corrected chi connectivity index (χ4v) is 3.38. The number of aliphatic hydroxyl groups is 1. The Labute approximate surface area is 194 Å². The Morgan fingerprint density at radius 3 is 2.34 bits per heavy atom. The third-order valence-corrected chi connectivity index (χ3v) is 5.69. The normalized spacial score (nSPS) is 16.3. The van der Waals surface area contributed by atoms with Crippen LogP contribution in [-0.2, 0) is 18.4 Å². The quantitative estimate of drug-likeness (QED) is 0.128. The van der Waals surface area contributed by atoms with E-state index >= 15 is 0 Å². The molecule has 2 N–H and O–H groups in total. The second kappa shape index (κ2) is 17.5. The second-order valence-electron chi connectivity index (χ2n) is 8.93. The predicted octanol–water partition coefficient (Wildman–Crippen LogP) is 3.31. The van der Waals surface area contributed by atoms with Crippen LogP contribution in [0.25, 0.3) is 0 Å². The first kappa shape index (κ1) is 31.0. The van der Waals surface area contributed by atoms with E-state index in [0.717, 1.165) is 19.3 Å². The lowest BCUT2D eigenvalue weighted by molar-refractivity contribution is -0.870. The second-order valence-corrected chi connectivity index (χ2v) is 10.3. The summed E-state index contributed by atoms with van der Waals surface area (Å²) in [6.45, 7) is 3.95. The third kappa shape index (κ3) is 18.5. The van der Waals surface area contributed by atoms with Crippen LogP contribution in [0.5, 0.6) is 0 Å². The number of nitrogens with one attached hydrogen (secondary N) is 1. The van der Waals surface area contributed by atoms with Gasteiger partial charge >= 0.3 is 0 Å². The molecule has 0 heterocycles. The largest absolute Gasteiger partial charge is 0.756 e. The molecule has 0 aromatic heterocycles. The van der Waals surface area contributed by atoms with E-state index in [4.69, 9.17) is 9.05 Å². The molecular formula is C23H45N2O6P. The van der Waals surface area contributed by atoms with Crippen molar-refractivity contribution in [3.8, 4) is 0 Å². The van der Waals surface area contributed by atoms with E-state index in [9.17, 15) is 19.4 Å². The minimum atomic E-state index is -4.53. The fraction of sp³-hybridized carbons (Fsp3) is 0.783. The van der Waals surface area contributed by atoms with Crippen molar-refractivity contribution in [1.82, 2.24) is 5.32 Å². The number of phosphoric acid groups is 1. The zero-order valence-electron chi connectivity index (χ0n) is 20.6. The van der Waals surface area contributed by atoms with E-state index in [1.54, 1.807) is 13.0 Å². The third-order valence-electron chi connectivity index (χ3n) is 4.73. The van der Waals surface area contributed by atoms with Gasteiger partial charge in [0.15, 0.2) is 0 Å². The number of aliphatic hydroxyl groups excluding tert-OH is 1. The smallest absolute Gasteiger partial charge is 0.268 e. The van der Waals surface area contributed by atoms with Crippen LogP contribution in [0.15, 0.2) is 24.3 Å². The van der Waals surface area contributed by atoms with Gasteiger partial charge in [-0.15, -0.1) is 0 Å². The Balaban J connectivity index is 4.54. The van der Waals surface area contributed by atoms with Gasteiger partial charge in [0.1, 0.15) is 13.2 Å². The molecule has 8 nitrogen and oxygen atoms in total. The average molecular weight is 477 g/mol. The van der Waals surface area contributed by atoms with Crippen molar-refractivity contribution in [3.05, 3.63) is 24.3 Å². The first-order valence-electron chi connectivity index (χ1n) is 11.7. The Morgan fingerprint density at radius 2 is 1.72 bits per heavy atom. The summed E-state index contributed by atoms with van der Waals surface area (Å²) < 4.78 is 22.3. The molecule has 3 unspecified atom stereocenters. The van der Waals surface area contributed by atoms with Crippen LogP contribution in [-0.4, -0.2) is 68.5 Å². The van der Waals surface area contributed by atoms with Crippen LogP contribution >= 0.6 is 7.82 Å². The molecule has 3 atom stereocenters. The van der Waals surface area contributed by atoms with Gasteiger partial charge in [-0.1, -0.05) is 57.4 Å². The minimum absolute atomic E-state index is 0.00909. The standard InChI is InChI=1S/C23H45N2O6P/c1-6-8-9-10-11-12-13-14-15-16-17-22(26)21(24-23(27)7-2)20-31-32(28,29)30-19-18-25(3,4)5/h12-13,16-17,21-22,26H,6-11,14-15,18-20H2,1-5H3,(H-,24,27,28,29)/b13-12+,17-16+. The summed E-state index contributed by atoms with van der Waals surface area (Å²) in [5.41, 5.74) is 0. The molecule has 0 saturated heterocycles. The van der Waals surface area contributed by atoms with Gasteiger partial charge in [0, 0.05) is 6.42 Å². The Bertz CT molecular complexity index is 604. The van der Waals surface area contributed by atoms with Crippen LogP contribution < -0.4 is 10.2 Å². The highest BCUT2D eigenvalue weighted by Crippen LogP contribution is 2.38. The van der Waals surface area contributed by atoms with E-state index in [-0.39, 0.29) is 18.9 Å². The minimum Gasteiger partial charge on any atom is -0.756 e. The number of carbonyl (C=O) groups excluding carboxylic acids is 1. The molecule has 0 spiro atoms. The fourth-order valence-electron chi connectivity index (χ4n) is 2.66. The van der Waals surface area contributed by atoms with E-state index in [1.165, 1.54) is 25.7 Å². The van der Waals surface area contributed by atoms with Crippen LogP contribution in [0.3, 0.4) is 0 Å². The van der Waals surface area contributed by atoms with E-state index in [0.29, 0.717) is 11.0 Å². The molecule has 188 valence electrons. The number of phosphoric ester groups is 1. The monoisotopic (exact) mass is 476 g/mol. The highest BCUT2D eigenvalue weighted by molar-refractivity contribution is 7.45. The topological polar surface area (TPSA) is 108 Å². The lowest BCUT2D eigenvalue weighted by atomic mass is 10.1. The van der Waals surface area contributed by atoms with Gasteiger partial charge in [-0.3, -0.25) is 9.36 Å². The van der Waals surface area contributed by atoms with Crippen molar-refractivity contribution >= 4 is 13.7 Å².